The van der Waals surface area contributed by atoms with E-state index < -0.39 is 0 Å². The van der Waals surface area contributed by atoms with E-state index in [4.69, 9.17) is 0 Å². The first-order valence-corrected chi connectivity index (χ1v) is 14.5. The Balaban J connectivity index is 1.72. The van der Waals surface area contributed by atoms with E-state index in [0.29, 0.717) is 5.92 Å². The molecular weight excluding hydrogens is 448 g/mol. The van der Waals surface area contributed by atoms with Crippen LogP contribution in [0.4, 0.5) is 0 Å². The largest absolute Gasteiger partial charge is 0.299 e. The van der Waals surface area contributed by atoms with Gasteiger partial charge in [-0.05, 0) is 87.3 Å². The van der Waals surface area contributed by atoms with E-state index in [1.54, 1.807) is 6.92 Å². The van der Waals surface area contributed by atoms with Gasteiger partial charge in [0.05, 0.1) is 0 Å². The van der Waals surface area contributed by atoms with Crippen molar-refractivity contribution in [2.45, 2.75) is 98.3 Å². The number of carbonyl (C=O) groups is 1. The fourth-order valence-electron chi connectivity index (χ4n) is 4.99. The highest BCUT2D eigenvalue weighted by molar-refractivity contribution is 5.81. The first-order chi connectivity index (χ1) is 17.9. The van der Waals surface area contributed by atoms with Gasteiger partial charge in [-0.25, -0.2) is 0 Å². The Morgan fingerprint density at radius 3 is 2.54 bits per heavy atom. The average Bonchev–Trinajstić information content (AvgIpc) is 3.10. The predicted molar refractivity (Wildman–Crippen MR) is 164 cm³/mol. The number of Topliss-reactive ketones (excluding diaryl/α,β-unsaturated/α-hetero) is 1. The maximum atomic E-state index is 11.8. The molecule has 0 amide bonds. The average molecular weight is 499 g/mol. The third kappa shape index (κ3) is 12.4. The van der Waals surface area contributed by atoms with Crippen molar-refractivity contribution in [1.82, 2.24) is 0 Å². The second kappa shape index (κ2) is 17.7. The summed E-state index contributed by atoms with van der Waals surface area (Å²) in [6, 6.07) is 0. The summed E-state index contributed by atoms with van der Waals surface area (Å²) in [4.78, 5) is 11.8. The third-order valence-corrected chi connectivity index (χ3v) is 7.45. The SMILES string of the molecule is C=C(CCCCCC1=CC=CC=CC=C1)CC(C)CCC=C(CCC)C1=CCC(C(C)C(C)=O)=CC=C1. The van der Waals surface area contributed by atoms with Crippen molar-refractivity contribution in [1.29, 1.82) is 0 Å². The van der Waals surface area contributed by atoms with E-state index in [1.165, 1.54) is 53.5 Å². The molecule has 0 fully saturated rings. The van der Waals surface area contributed by atoms with Gasteiger partial charge in [0.1, 0.15) is 5.78 Å². The molecule has 2 atom stereocenters. The molecule has 1 nitrogen and oxygen atoms in total. The van der Waals surface area contributed by atoms with Crippen molar-refractivity contribution in [3.8, 4) is 0 Å². The minimum absolute atomic E-state index is 0.00328. The van der Waals surface area contributed by atoms with E-state index >= 15 is 0 Å². The van der Waals surface area contributed by atoms with E-state index in [2.05, 4.69) is 93.3 Å². The van der Waals surface area contributed by atoms with Crippen LogP contribution in [-0.2, 0) is 4.79 Å². The monoisotopic (exact) mass is 498 g/mol. The molecule has 200 valence electrons. The van der Waals surface area contributed by atoms with Crippen LogP contribution in [0.3, 0.4) is 0 Å². The molecule has 0 spiro atoms. The fourth-order valence-corrected chi connectivity index (χ4v) is 4.99. The van der Waals surface area contributed by atoms with Crippen LogP contribution in [0.25, 0.3) is 0 Å². The van der Waals surface area contributed by atoms with Crippen LogP contribution < -0.4 is 0 Å². The Kier molecular flexibility index (Phi) is 14.6. The number of carbonyl (C=O) groups excluding carboxylic acids is 1. The number of hydrogen-bond donors (Lipinski definition) is 0. The second-order valence-electron chi connectivity index (χ2n) is 10.8. The Morgan fingerprint density at radius 2 is 1.76 bits per heavy atom. The van der Waals surface area contributed by atoms with Crippen LogP contribution in [0.5, 0.6) is 0 Å². The fraction of sp³-hybridized carbons (Fsp3) is 0.472. The van der Waals surface area contributed by atoms with E-state index in [1.807, 2.05) is 6.92 Å². The smallest absolute Gasteiger partial charge is 0.136 e. The number of unbranched alkanes of at least 4 members (excludes halogenated alkanes) is 2. The van der Waals surface area contributed by atoms with Gasteiger partial charge < -0.3 is 0 Å². The maximum absolute atomic E-state index is 11.8. The molecule has 37 heavy (non-hydrogen) atoms. The lowest BCUT2D eigenvalue weighted by atomic mass is 9.92. The Morgan fingerprint density at radius 1 is 0.973 bits per heavy atom. The third-order valence-electron chi connectivity index (χ3n) is 7.45. The lowest BCUT2D eigenvalue weighted by molar-refractivity contribution is -0.119. The van der Waals surface area contributed by atoms with Gasteiger partial charge in [-0.2, -0.15) is 0 Å². The molecular formula is C36H50O. The molecule has 2 unspecified atom stereocenters. The summed E-state index contributed by atoms with van der Waals surface area (Å²) in [5.74, 6) is 0.913. The van der Waals surface area contributed by atoms with Crippen molar-refractivity contribution >= 4 is 5.78 Å². The molecule has 0 saturated carbocycles. The van der Waals surface area contributed by atoms with Gasteiger partial charge in [0, 0.05) is 5.92 Å². The van der Waals surface area contributed by atoms with Gasteiger partial charge in [0.15, 0.2) is 0 Å². The highest BCUT2D eigenvalue weighted by Gasteiger charge is 2.14. The Labute approximate surface area is 227 Å². The van der Waals surface area contributed by atoms with Gasteiger partial charge in [0.25, 0.3) is 0 Å². The predicted octanol–water partition coefficient (Wildman–Crippen LogP) is 10.7. The van der Waals surface area contributed by atoms with E-state index in [-0.39, 0.29) is 11.7 Å². The number of allylic oxidation sites excluding steroid dienone is 17. The summed E-state index contributed by atoms with van der Waals surface area (Å²) in [6.07, 6.45) is 38.9. The van der Waals surface area contributed by atoms with Crippen LogP contribution >= 0.6 is 0 Å². The lowest BCUT2D eigenvalue weighted by Gasteiger charge is -2.14. The molecule has 0 saturated heterocycles. The second-order valence-corrected chi connectivity index (χ2v) is 10.8. The molecule has 2 rings (SSSR count). The summed E-state index contributed by atoms with van der Waals surface area (Å²) in [7, 11) is 0. The van der Waals surface area contributed by atoms with Gasteiger partial charge in [-0.1, -0.05) is 124 Å². The Bertz CT molecular complexity index is 986. The van der Waals surface area contributed by atoms with Crippen LogP contribution in [0, 0.1) is 11.8 Å². The lowest BCUT2D eigenvalue weighted by Crippen LogP contribution is -2.08. The molecule has 1 heteroatoms. The van der Waals surface area contributed by atoms with E-state index in [0.717, 1.165) is 44.9 Å². The van der Waals surface area contributed by atoms with Crippen molar-refractivity contribution in [3.05, 3.63) is 107 Å². The topological polar surface area (TPSA) is 17.1 Å². The summed E-state index contributed by atoms with van der Waals surface area (Å²) in [5.41, 5.74) is 6.83. The standard InChI is InChI=1S/C36H50O/c1-6-17-35(36-25-16-23-34(26-27-36)31(4)32(5)37)24-15-19-30(3)28-29(2)18-11-10-14-22-33-20-12-8-7-9-13-21-33/h7-9,12-13,16,20-21,23-25,27,30-31H,2,6,10-11,14-15,17-19,22,26,28H2,1,3-5H3. The van der Waals surface area contributed by atoms with E-state index in [9.17, 15) is 4.79 Å². The first kappa shape index (κ1) is 30.6. The normalized spacial score (nSPS) is 17.3. The zero-order valence-corrected chi connectivity index (χ0v) is 24.0. The van der Waals surface area contributed by atoms with Gasteiger partial charge >= 0.3 is 0 Å². The highest BCUT2D eigenvalue weighted by atomic mass is 16.1. The van der Waals surface area contributed by atoms with Crippen LogP contribution in [0.2, 0.25) is 0 Å². The molecule has 0 N–H and O–H groups in total. The molecule has 2 aliphatic rings. The summed E-state index contributed by atoms with van der Waals surface area (Å²) in [6.45, 7) is 12.7. The quantitative estimate of drug-likeness (QED) is 0.153. The summed E-state index contributed by atoms with van der Waals surface area (Å²) in [5, 5.41) is 0. The van der Waals surface area contributed by atoms with Crippen molar-refractivity contribution < 1.29 is 4.79 Å². The van der Waals surface area contributed by atoms with Crippen LogP contribution in [-0.4, -0.2) is 5.78 Å². The van der Waals surface area contributed by atoms with Gasteiger partial charge in [0.2, 0.25) is 0 Å². The molecule has 0 aromatic heterocycles. The first-order valence-electron chi connectivity index (χ1n) is 14.5. The number of rotatable bonds is 16. The van der Waals surface area contributed by atoms with Crippen LogP contribution in [0.15, 0.2) is 107 Å². The highest BCUT2D eigenvalue weighted by Crippen LogP contribution is 2.27. The summed E-state index contributed by atoms with van der Waals surface area (Å²) >= 11 is 0. The van der Waals surface area contributed by atoms with Crippen molar-refractivity contribution in [3.63, 3.8) is 0 Å². The van der Waals surface area contributed by atoms with Crippen molar-refractivity contribution in [2.24, 2.45) is 11.8 Å². The molecule has 0 aromatic carbocycles. The molecule has 0 heterocycles. The molecule has 0 radical (unpaired) electrons. The van der Waals surface area contributed by atoms with Gasteiger partial charge in [-0.15, -0.1) is 0 Å². The minimum Gasteiger partial charge on any atom is -0.299 e. The summed E-state index contributed by atoms with van der Waals surface area (Å²) < 4.78 is 0. The van der Waals surface area contributed by atoms with Crippen LogP contribution in [0.1, 0.15) is 98.3 Å². The van der Waals surface area contributed by atoms with Gasteiger partial charge in [-0.3, -0.25) is 4.79 Å². The maximum Gasteiger partial charge on any atom is 0.136 e. The number of hydrogen-bond acceptors (Lipinski definition) is 1. The zero-order valence-electron chi connectivity index (χ0n) is 24.0. The zero-order chi connectivity index (χ0) is 26.9. The molecule has 0 aromatic rings. The molecule has 0 bridgehead atoms. The van der Waals surface area contributed by atoms with Crippen molar-refractivity contribution in [2.75, 3.05) is 0 Å². The minimum atomic E-state index is 0.00328. The Hall–Kier alpha value is -2.67. The number of ketones is 1. The molecule has 2 aliphatic carbocycles. The molecule has 0 aliphatic heterocycles.